The molecule has 0 aromatic heterocycles. The van der Waals surface area contributed by atoms with Gasteiger partial charge in [0.1, 0.15) is 12.4 Å². The van der Waals surface area contributed by atoms with Crippen LogP contribution in [-0.4, -0.2) is 13.7 Å². The summed E-state index contributed by atoms with van der Waals surface area (Å²) in [7, 11) is 1.65. The van der Waals surface area contributed by atoms with E-state index in [1.807, 2.05) is 49.4 Å². The van der Waals surface area contributed by atoms with Gasteiger partial charge < -0.3 is 14.2 Å². The van der Waals surface area contributed by atoms with Crippen molar-refractivity contribution in [3.05, 3.63) is 52.5 Å². The van der Waals surface area contributed by atoms with Crippen LogP contribution in [0.3, 0.4) is 0 Å². The van der Waals surface area contributed by atoms with Crippen molar-refractivity contribution in [1.82, 2.24) is 0 Å². The maximum atomic E-state index is 5.85. The molecule has 0 aliphatic carbocycles. The molecule has 0 saturated carbocycles. The maximum absolute atomic E-state index is 5.85. The van der Waals surface area contributed by atoms with E-state index < -0.39 is 0 Å². The molecule has 0 spiro atoms. The van der Waals surface area contributed by atoms with Crippen LogP contribution < -0.4 is 14.2 Å². The fraction of sp³-hybridized carbons (Fsp3) is 0.250. The molecular formula is C16H17BrO3. The smallest absolute Gasteiger partial charge is 0.161 e. The first-order valence-corrected chi connectivity index (χ1v) is 7.21. The molecule has 0 heterocycles. The van der Waals surface area contributed by atoms with Crippen LogP contribution in [0.15, 0.2) is 46.9 Å². The van der Waals surface area contributed by atoms with E-state index in [-0.39, 0.29) is 0 Å². The zero-order chi connectivity index (χ0) is 14.4. The molecule has 0 aliphatic heterocycles. The highest BCUT2D eigenvalue weighted by atomic mass is 79.9. The molecule has 0 atom stereocenters. The number of benzene rings is 2. The van der Waals surface area contributed by atoms with Gasteiger partial charge in [-0.2, -0.15) is 0 Å². The Labute approximate surface area is 127 Å². The van der Waals surface area contributed by atoms with Crippen molar-refractivity contribution in [1.29, 1.82) is 0 Å². The van der Waals surface area contributed by atoms with Gasteiger partial charge >= 0.3 is 0 Å². The van der Waals surface area contributed by atoms with Gasteiger partial charge in [-0.05, 0) is 37.3 Å². The predicted octanol–water partition coefficient (Wildman–Crippen LogP) is 4.44. The van der Waals surface area contributed by atoms with Gasteiger partial charge in [0.25, 0.3) is 0 Å². The van der Waals surface area contributed by atoms with Gasteiger partial charge in [-0.3, -0.25) is 0 Å². The molecule has 106 valence electrons. The van der Waals surface area contributed by atoms with Gasteiger partial charge in [0, 0.05) is 10.0 Å². The Kier molecular flexibility index (Phi) is 5.30. The first-order valence-electron chi connectivity index (χ1n) is 6.41. The molecule has 0 N–H and O–H groups in total. The van der Waals surface area contributed by atoms with Crippen molar-refractivity contribution in [2.45, 2.75) is 13.5 Å². The minimum Gasteiger partial charge on any atom is -0.497 e. The summed E-state index contributed by atoms with van der Waals surface area (Å²) in [5, 5.41) is 0. The Balaban J connectivity index is 2.12. The van der Waals surface area contributed by atoms with Crippen LogP contribution in [0.25, 0.3) is 0 Å². The molecule has 0 aliphatic rings. The molecular weight excluding hydrogens is 320 g/mol. The van der Waals surface area contributed by atoms with E-state index in [0.29, 0.717) is 13.2 Å². The topological polar surface area (TPSA) is 27.7 Å². The van der Waals surface area contributed by atoms with Crippen molar-refractivity contribution < 1.29 is 14.2 Å². The van der Waals surface area contributed by atoms with E-state index in [1.165, 1.54) is 0 Å². The van der Waals surface area contributed by atoms with Crippen LogP contribution in [0.2, 0.25) is 0 Å². The minimum absolute atomic E-state index is 0.446. The molecule has 4 heteroatoms. The summed E-state index contributed by atoms with van der Waals surface area (Å²) in [6, 6.07) is 13.5. The molecule has 2 aromatic rings. The summed E-state index contributed by atoms with van der Waals surface area (Å²) in [5.74, 6) is 2.31. The minimum atomic E-state index is 0.446. The van der Waals surface area contributed by atoms with Gasteiger partial charge in [-0.25, -0.2) is 0 Å². The predicted molar refractivity (Wildman–Crippen MR) is 82.6 cm³/mol. The zero-order valence-electron chi connectivity index (χ0n) is 11.6. The lowest BCUT2D eigenvalue weighted by atomic mass is 10.2. The summed E-state index contributed by atoms with van der Waals surface area (Å²) in [5.41, 5.74) is 1.02. The summed E-state index contributed by atoms with van der Waals surface area (Å²) >= 11 is 3.52. The maximum Gasteiger partial charge on any atom is 0.161 e. The zero-order valence-corrected chi connectivity index (χ0v) is 13.1. The number of hydrogen-bond donors (Lipinski definition) is 0. The fourth-order valence-electron chi connectivity index (χ4n) is 1.79. The first-order chi connectivity index (χ1) is 9.74. The Bertz CT molecular complexity index is 569. The van der Waals surface area contributed by atoms with Crippen LogP contribution in [-0.2, 0) is 6.61 Å². The van der Waals surface area contributed by atoms with E-state index in [9.17, 15) is 0 Å². The molecule has 0 radical (unpaired) electrons. The molecule has 0 unspecified atom stereocenters. The highest BCUT2D eigenvalue weighted by Crippen LogP contribution is 2.29. The average molecular weight is 337 g/mol. The molecule has 2 rings (SSSR count). The standard InChI is InChI=1S/C16H17BrO3/c1-3-19-15-6-4-5-7-16(15)20-11-12-10-13(18-2)8-9-14(12)17/h4-10H,3,11H2,1-2H3. The average Bonchev–Trinajstić information content (AvgIpc) is 2.48. The monoisotopic (exact) mass is 336 g/mol. The SMILES string of the molecule is CCOc1ccccc1OCc1cc(OC)ccc1Br. The summed E-state index contributed by atoms with van der Waals surface area (Å²) in [4.78, 5) is 0. The third-order valence-corrected chi connectivity index (χ3v) is 3.56. The van der Waals surface area contributed by atoms with Crippen LogP contribution in [0, 0.1) is 0 Å². The fourth-order valence-corrected chi connectivity index (χ4v) is 2.15. The number of halogens is 1. The third kappa shape index (κ3) is 3.67. The molecule has 0 fully saturated rings. The van der Waals surface area contributed by atoms with E-state index >= 15 is 0 Å². The second kappa shape index (κ2) is 7.20. The van der Waals surface area contributed by atoms with E-state index in [1.54, 1.807) is 7.11 Å². The third-order valence-electron chi connectivity index (χ3n) is 2.79. The van der Waals surface area contributed by atoms with Crippen molar-refractivity contribution in [3.63, 3.8) is 0 Å². The number of para-hydroxylation sites is 2. The lowest BCUT2D eigenvalue weighted by molar-refractivity contribution is 0.268. The highest BCUT2D eigenvalue weighted by Gasteiger charge is 2.07. The lowest BCUT2D eigenvalue weighted by Crippen LogP contribution is -2.00. The highest BCUT2D eigenvalue weighted by molar-refractivity contribution is 9.10. The second-order valence-corrected chi connectivity index (χ2v) is 4.98. The molecule has 0 bridgehead atoms. The number of rotatable bonds is 6. The van der Waals surface area contributed by atoms with Gasteiger partial charge in [-0.15, -0.1) is 0 Å². The van der Waals surface area contributed by atoms with Crippen LogP contribution in [0.4, 0.5) is 0 Å². The summed E-state index contributed by atoms with van der Waals surface area (Å²) < 4.78 is 17.6. The Morgan fingerprint density at radius 1 is 1.00 bits per heavy atom. The number of hydrogen-bond acceptors (Lipinski definition) is 3. The lowest BCUT2D eigenvalue weighted by Gasteiger charge is -2.13. The van der Waals surface area contributed by atoms with E-state index in [0.717, 1.165) is 27.3 Å². The van der Waals surface area contributed by atoms with Crippen LogP contribution in [0.5, 0.6) is 17.2 Å². The van der Waals surface area contributed by atoms with Gasteiger partial charge in [0.15, 0.2) is 11.5 Å². The normalized spacial score (nSPS) is 10.2. The molecule has 2 aromatic carbocycles. The van der Waals surface area contributed by atoms with Crippen LogP contribution >= 0.6 is 15.9 Å². The molecule has 20 heavy (non-hydrogen) atoms. The Morgan fingerprint density at radius 3 is 2.35 bits per heavy atom. The Morgan fingerprint density at radius 2 is 1.70 bits per heavy atom. The van der Waals surface area contributed by atoms with Gasteiger partial charge in [-0.1, -0.05) is 28.1 Å². The summed E-state index contributed by atoms with van der Waals surface area (Å²) in [6.07, 6.45) is 0. The van der Waals surface area contributed by atoms with Crippen LogP contribution in [0.1, 0.15) is 12.5 Å². The largest absolute Gasteiger partial charge is 0.497 e. The molecule has 0 amide bonds. The van der Waals surface area contributed by atoms with Crippen molar-refractivity contribution >= 4 is 15.9 Å². The van der Waals surface area contributed by atoms with Gasteiger partial charge in [0.2, 0.25) is 0 Å². The number of methoxy groups -OCH3 is 1. The van der Waals surface area contributed by atoms with E-state index in [4.69, 9.17) is 14.2 Å². The van der Waals surface area contributed by atoms with Crippen molar-refractivity contribution in [3.8, 4) is 17.2 Å². The first kappa shape index (κ1) is 14.7. The second-order valence-electron chi connectivity index (χ2n) is 4.13. The number of ether oxygens (including phenoxy) is 3. The molecule has 3 nitrogen and oxygen atoms in total. The van der Waals surface area contributed by atoms with E-state index in [2.05, 4.69) is 15.9 Å². The summed E-state index contributed by atoms with van der Waals surface area (Å²) in [6.45, 7) is 3.01. The Hall–Kier alpha value is -1.68. The van der Waals surface area contributed by atoms with Crippen molar-refractivity contribution in [2.24, 2.45) is 0 Å². The van der Waals surface area contributed by atoms with Gasteiger partial charge in [0.05, 0.1) is 13.7 Å². The quantitative estimate of drug-likeness (QED) is 0.780. The van der Waals surface area contributed by atoms with Crippen molar-refractivity contribution in [2.75, 3.05) is 13.7 Å². The molecule has 0 saturated heterocycles.